The van der Waals surface area contributed by atoms with Crippen LogP contribution in [0.15, 0.2) is 57.9 Å². The van der Waals surface area contributed by atoms with Crippen molar-refractivity contribution < 1.29 is 9.53 Å². The van der Waals surface area contributed by atoms with E-state index in [0.717, 1.165) is 23.1 Å². The zero-order chi connectivity index (χ0) is 17.2. The van der Waals surface area contributed by atoms with Crippen molar-refractivity contribution in [3.8, 4) is 5.75 Å². The van der Waals surface area contributed by atoms with Gasteiger partial charge >= 0.3 is 0 Å². The molecule has 5 nitrogen and oxygen atoms in total. The summed E-state index contributed by atoms with van der Waals surface area (Å²) in [7, 11) is 0. The average molecular weight is 393 g/mol. The number of amides is 1. The van der Waals surface area contributed by atoms with Gasteiger partial charge in [-0.05, 0) is 47.0 Å². The molecule has 128 valence electrons. The van der Waals surface area contributed by atoms with Crippen LogP contribution in [0, 0.1) is 0 Å². The summed E-state index contributed by atoms with van der Waals surface area (Å²) in [6.45, 7) is 1.61. The molecule has 24 heavy (non-hydrogen) atoms. The van der Waals surface area contributed by atoms with Crippen LogP contribution in [0.3, 0.4) is 0 Å². The predicted octanol–water partition coefficient (Wildman–Crippen LogP) is 2.98. The quantitative estimate of drug-likeness (QED) is 0.667. The zero-order valence-electron chi connectivity index (χ0n) is 13.4. The number of carbonyl (C=O) groups is 1. The molecule has 1 aromatic heterocycles. The van der Waals surface area contributed by atoms with Crippen LogP contribution in [-0.4, -0.2) is 23.6 Å². The first-order valence-corrected chi connectivity index (χ1v) is 8.75. The Morgan fingerprint density at radius 1 is 1.12 bits per heavy atom. The Bertz CT molecular complexity index is 701. The third-order valence-corrected chi connectivity index (χ3v) is 3.91. The van der Waals surface area contributed by atoms with Gasteiger partial charge in [-0.1, -0.05) is 18.2 Å². The molecule has 0 fully saturated rings. The van der Waals surface area contributed by atoms with E-state index < -0.39 is 0 Å². The van der Waals surface area contributed by atoms with E-state index in [9.17, 15) is 9.59 Å². The molecule has 0 aliphatic carbocycles. The van der Waals surface area contributed by atoms with Gasteiger partial charge in [0, 0.05) is 29.8 Å². The summed E-state index contributed by atoms with van der Waals surface area (Å²) in [6, 6.07) is 12.7. The molecule has 2 aromatic rings. The Hall–Kier alpha value is -2.08. The minimum Gasteiger partial charge on any atom is -0.493 e. The molecule has 0 radical (unpaired) electrons. The van der Waals surface area contributed by atoms with E-state index in [2.05, 4.69) is 21.2 Å². The third-order valence-electron chi connectivity index (χ3n) is 3.44. The molecule has 1 N–H and O–H groups in total. The van der Waals surface area contributed by atoms with Gasteiger partial charge in [-0.15, -0.1) is 0 Å². The standard InChI is InChI=1S/C18H21BrN2O3/c19-15-8-9-18(23)21(14-15)12-5-4-11-20-17(22)10-13-24-16-6-2-1-3-7-16/h1-3,6-9,14H,4-5,10-13H2,(H,20,22). The first kappa shape index (κ1) is 18.3. The molecule has 1 amide bonds. The molecule has 0 aliphatic rings. The second-order valence-electron chi connectivity index (χ2n) is 5.35. The molecule has 0 unspecified atom stereocenters. The van der Waals surface area contributed by atoms with Crippen LogP contribution in [-0.2, 0) is 11.3 Å². The molecule has 0 bridgehead atoms. The smallest absolute Gasteiger partial charge is 0.250 e. The number of pyridine rings is 1. The van der Waals surface area contributed by atoms with Crippen LogP contribution in [0.1, 0.15) is 19.3 Å². The highest BCUT2D eigenvalue weighted by Crippen LogP contribution is 2.08. The summed E-state index contributed by atoms with van der Waals surface area (Å²) in [5.74, 6) is 0.746. The van der Waals surface area contributed by atoms with E-state index in [1.807, 2.05) is 30.3 Å². The number of nitrogens with zero attached hydrogens (tertiary/aromatic N) is 1. The monoisotopic (exact) mass is 392 g/mol. The number of halogens is 1. The molecule has 1 aromatic carbocycles. The van der Waals surface area contributed by atoms with Gasteiger partial charge in [-0.25, -0.2) is 0 Å². The van der Waals surface area contributed by atoms with Crippen molar-refractivity contribution in [1.29, 1.82) is 0 Å². The van der Waals surface area contributed by atoms with Crippen molar-refractivity contribution in [2.75, 3.05) is 13.2 Å². The predicted molar refractivity (Wildman–Crippen MR) is 97.2 cm³/mol. The largest absolute Gasteiger partial charge is 0.493 e. The zero-order valence-corrected chi connectivity index (χ0v) is 15.0. The Morgan fingerprint density at radius 2 is 1.92 bits per heavy atom. The molecule has 0 atom stereocenters. The maximum absolute atomic E-state index is 11.7. The van der Waals surface area contributed by atoms with Gasteiger partial charge in [-0.2, -0.15) is 0 Å². The number of aryl methyl sites for hydroxylation is 1. The van der Waals surface area contributed by atoms with Crippen LogP contribution in [0.2, 0.25) is 0 Å². The Kier molecular flexibility index (Phi) is 7.55. The topological polar surface area (TPSA) is 60.3 Å². The summed E-state index contributed by atoms with van der Waals surface area (Å²) < 4.78 is 8.03. The summed E-state index contributed by atoms with van der Waals surface area (Å²) in [5.41, 5.74) is -0.0136. The number of aromatic nitrogens is 1. The van der Waals surface area contributed by atoms with Gasteiger partial charge in [0.05, 0.1) is 13.0 Å². The lowest BCUT2D eigenvalue weighted by atomic mass is 10.3. The fraction of sp³-hybridized carbons (Fsp3) is 0.333. The first-order valence-electron chi connectivity index (χ1n) is 7.96. The van der Waals surface area contributed by atoms with E-state index >= 15 is 0 Å². The molecular weight excluding hydrogens is 372 g/mol. The second kappa shape index (κ2) is 9.93. The molecule has 6 heteroatoms. The van der Waals surface area contributed by atoms with Gasteiger partial charge < -0.3 is 14.6 Å². The molecule has 0 saturated heterocycles. The lowest BCUT2D eigenvalue weighted by Gasteiger charge is -2.08. The summed E-state index contributed by atoms with van der Waals surface area (Å²) in [5, 5.41) is 2.87. The molecule has 0 saturated carbocycles. The number of rotatable bonds is 9. The molecule has 0 aliphatic heterocycles. The lowest BCUT2D eigenvalue weighted by Crippen LogP contribution is -2.26. The van der Waals surface area contributed by atoms with E-state index in [4.69, 9.17) is 4.74 Å². The highest BCUT2D eigenvalue weighted by molar-refractivity contribution is 9.10. The van der Waals surface area contributed by atoms with Crippen LogP contribution >= 0.6 is 15.9 Å². The Labute approximate surface area is 149 Å². The number of nitrogens with one attached hydrogen (secondary N) is 1. The molecule has 2 rings (SSSR count). The minimum atomic E-state index is -0.0226. The second-order valence-corrected chi connectivity index (χ2v) is 6.26. The number of carbonyl (C=O) groups excluding carboxylic acids is 1. The van der Waals surface area contributed by atoms with Gasteiger partial charge in [0.2, 0.25) is 5.91 Å². The molecular formula is C18H21BrN2O3. The van der Waals surface area contributed by atoms with Crippen LogP contribution < -0.4 is 15.6 Å². The summed E-state index contributed by atoms with van der Waals surface area (Å²) in [4.78, 5) is 23.3. The minimum absolute atomic E-state index is 0.0136. The summed E-state index contributed by atoms with van der Waals surface area (Å²) >= 11 is 3.35. The van der Waals surface area contributed by atoms with E-state index in [1.165, 1.54) is 0 Å². The van der Waals surface area contributed by atoms with Gasteiger partial charge in [0.25, 0.3) is 5.56 Å². The number of hydrogen-bond acceptors (Lipinski definition) is 3. The average Bonchev–Trinajstić information content (AvgIpc) is 2.58. The van der Waals surface area contributed by atoms with Crippen LogP contribution in [0.5, 0.6) is 5.75 Å². The maximum Gasteiger partial charge on any atom is 0.250 e. The van der Waals surface area contributed by atoms with Crippen LogP contribution in [0.25, 0.3) is 0 Å². The van der Waals surface area contributed by atoms with Crippen molar-refractivity contribution in [1.82, 2.24) is 9.88 Å². The van der Waals surface area contributed by atoms with Crippen molar-refractivity contribution in [3.05, 3.63) is 63.5 Å². The fourth-order valence-electron chi connectivity index (χ4n) is 2.18. The van der Waals surface area contributed by atoms with Crippen LogP contribution in [0.4, 0.5) is 0 Å². The van der Waals surface area contributed by atoms with Gasteiger partial charge in [0.15, 0.2) is 0 Å². The normalized spacial score (nSPS) is 10.4. The molecule has 0 spiro atoms. The highest BCUT2D eigenvalue weighted by atomic mass is 79.9. The molecule has 1 heterocycles. The van der Waals surface area contributed by atoms with Crippen molar-refractivity contribution >= 4 is 21.8 Å². The Morgan fingerprint density at radius 3 is 2.71 bits per heavy atom. The highest BCUT2D eigenvalue weighted by Gasteiger charge is 2.02. The number of unbranched alkanes of at least 4 members (excludes halogenated alkanes) is 1. The number of ether oxygens (including phenoxy) is 1. The van der Waals surface area contributed by atoms with E-state index in [1.54, 1.807) is 22.9 Å². The Balaban J connectivity index is 1.56. The van der Waals surface area contributed by atoms with Crippen molar-refractivity contribution in [3.63, 3.8) is 0 Å². The fourth-order valence-corrected chi connectivity index (χ4v) is 2.56. The van der Waals surface area contributed by atoms with Gasteiger partial charge in [0.1, 0.15) is 5.75 Å². The van der Waals surface area contributed by atoms with Crippen molar-refractivity contribution in [2.45, 2.75) is 25.8 Å². The van der Waals surface area contributed by atoms with Crippen molar-refractivity contribution in [2.24, 2.45) is 0 Å². The van der Waals surface area contributed by atoms with E-state index in [0.29, 0.717) is 26.1 Å². The maximum atomic E-state index is 11.7. The van der Waals surface area contributed by atoms with E-state index in [-0.39, 0.29) is 11.5 Å². The van der Waals surface area contributed by atoms with Gasteiger partial charge in [-0.3, -0.25) is 9.59 Å². The first-order chi connectivity index (χ1) is 11.6. The number of para-hydroxylation sites is 1. The lowest BCUT2D eigenvalue weighted by molar-refractivity contribution is -0.121. The third kappa shape index (κ3) is 6.58. The SMILES string of the molecule is O=C(CCOc1ccccc1)NCCCCn1cc(Br)ccc1=O. The summed E-state index contributed by atoms with van der Waals surface area (Å²) in [6.07, 6.45) is 3.77. The number of benzene rings is 1. The number of hydrogen-bond donors (Lipinski definition) is 1.